The summed E-state index contributed by atoms with van der Waals surface area (Å²) in [6.45, 7) is 14.0. The number of halogens is 1. The summed E-state index contributed by atoms with van der Waals surface area (Å²) in [5, 5.41) is 7.81. The summed E-state index contributed by atoms with van der Waals surface area (Å²) in [4.78, 5) is 0. The van der Waals surface area contributed by atoms with Crippen LogP contribution in [0.5, 0.6) is 0 Å². The molecule has 0 radical (unpaired) electrons. The van der Waals surface area contributed by atoms with Gasteiger partial charge in [-0.15, -0.1) is 0 Å². The maximum Gasteiger partial charge on any atom is 0.0738 e. The van der Waals surface area contributed by atoms with E-state index in [2.05, 4.69) is 53.7 Å². The summed E-state index contributed by atoms with van der Waals surface area (Å²) in [5.74, 6) is 0. The Morgan fingerprint density at radius 2 is 2.12 bits per heavy atom. The standard InChI is InChI=1S/C12H20BrN3/c1-8(2)14-6-9(3)7-16-11(5)12(13)10(4)15-16/h8,14H,3,6-7H2,1-2,4-5H3. The predicted molar refractivity (Wildman–Crippen MR) is 71.7 cm³/mol. The summed E-state index contributed by atoms with van der Waals surface area (Å²) >= 11 is 3.52. The van der Waals surface area contributed by atoms with Gasteiger partial charge < -0.3 is 5.32 Å². The average molecular weight is 286 g/mol. The molecule has 0 saturated heterocycles. The monoisotopic (exact) mass is 285 g/mol. The molecule has 0 fully saturated rings. The van der Waals surface area contributed by atoms with Crippen LogP contribution in [-0.2, 0) is 6.54 Å². The maximum atomic E-state index is 4.46. The Morgan fingerprint density at radius 1 is 1.50 bits per heavy atom. The lowest BCUT2D eigenvalue weighted by Crippen LogP contribution is -2.26. The van der Waals surface area contributed by atoms with Gasteiger partial charge in [0.1, 0.15) is 0 Å². The molecule has 0 saturated carbocycles. The first-order chi connectivity index (χ1) is 7.41. The van der Waals surface area contributed by atoms with Crippen molar-refractivity contribution in [3.63, 3.8) is 0 Å². The van der Waals surface area contributed by atoms with Crippen molar-refractivity contribution >= 4 is 15.9 Å². The summed E-state index contributed by atoms with van der Waals surface area (Å²) in [6, 6.07) is 0.490. The van der Waals surface area contributed by atoms with Crippen LogP contribution in [-0.4, -0.2) is 22.4 Å². The Morgan fingerprint density at radius 3 is 2.56 bits per heavy atom. The molecule has 0 aliphatic rings. The van der Waals surface area contributed by atoms with E-state index >= 15 is 0 Å². The smallest absolute Gasteiger partial charge is 0.0738 e. The van der Waals surface area contributed by atoms with Gasteiger partial charge in [-0.2, -0.15) is 5.10 Å². The summed E-state index contributed by atoms with van der Waals surface area (Å²) < 4.78 is 3.08. The molecule has 1 heterocycles. The Balaban J connectivity index is 2.60. The molecular weight excluding hydrogens is 266 g/mol. The van der Waals surface area contributed by atoms with Crippen LogP contribution in [0.3, 0.4) is 0 Å². The lowest BCUT2D eigenvalue weighted by Gasteiger charge is -2.11. The molecule has 4 heteroatoms. The highest BCUT2D eigenvalue weighted by Gasteiger charge is 2.09. The molecule has 90 valence electrons. The zero-order valence-electron chi connectivity index (χ0n) is 10.5. The van der Waals surface area contributed by atoms with E-state index in [0.29, 0.717) is 6.04 Å². The lowest BCUT2D eigenvalue weighted by atomic mass is 10.2. The quantitative estimate of drug-likeness (QED) is 0.844. The minimum Gasteiger partial charge on any atom is -0.311 e. The fourth-order valence-corrected chi connectivity index (χ4v) is 1.73. The second-order valence-corrected chi connectivity index (χ2v) is 5.22. The topological polar surface area (TPSA) is 29.9 Å². The molecule has 0 spiro atoms. The highest BCUT2D eigenvalue weighted by Crippen LogP contribution is 2.20. The van der Waals surface area contributed by atoms with Crippen LogP contribution in [0.2, 0.25) is 0 Å². The van der Waals surface area contributed by atoms with Crippen LogP contribution in [0, 0.1) is 13.8 Å². The van der Waals surface area contributed by atoms with Crippen LogP contribution in [0.25, 0.3) is 0 Å². The zero-order valence-corrected chi connectivity index (χ0v) is 12.1. The van der Waals surface area contributed by atoms with E-state index in [0.717, 1.165) is 34.5 Å². The number of aryl methyl sites for hydroxylation is 1. The fourth-order valence-electron chi connectivity index (χ4n) is 1.45. The molecule has 3 nitrogen and oxygen atoms in total. The van der Waals surface area contributed by atoms with Gasteiger partial charge in [-0.05, 0) is 35.4 Å². The average Bonchev–Trinajstić information content (AvgIpc) is 2.43. The minimum atomic E-state index is 0.490. The SMILES string of the molecule is C=C(CNC(C)C)Cn1nc(C)c(Br)c1C. The van der Waals surface area contributed by atoms with Crippen molar-refractivity contribution in [1.82, 2.24) is 15.1 Å². The molecule has 16 heavy (non-hydrogen) atoms. The minimum absolute atomic E-state index is 0.490. The second-order valence-electron chi connectivity index (χ2n) is 4.43. The van der Waals surface area contributed by atoms with E-state index in [1.54, 1.807) is 0 Å². The molecule has 0 bridgehead atoms. The molecule has 0 aliphatic heterocycles. The lowest BCUT2D eigenvalue weighted by molar-refractivity contribution is 0.581. The molecule has 1 aromatic rings. The molecular formula is C12H20BrN3. The van der Waals surface area contributed by atoms with Crippen LogP contribution >= 0.6 is 15.9 Å². The second kappa shape index (κ2) is 5.64. The zero-order chi connectivity index (χ0) is 12.3. The highest BCUT2D eigenvalue weighted by molar-refractivity contribution is 9.10. The van der Waals surface area contributed by atoms with Crippen molar-refractivity contribution in [2.45, 2.75) is 40.3 Å². The molecule has 1 N–H and O–H groups in total. The Labute approximate surface area is 106 Å². The van der Waals surface area contributed by atoms with Crippen molar-refractivity contribution < 1.29 is 0 Å². The van der Waals surface area contributed by atoms with E-state index in [9.17, 15) is 0 Å². The Kier molecular flexibility index (Phi) is 4.74. The van der Waals surface area contributed by atoms with E-state index in [1.807, 2.05) is 11.6 Å². The number of hydrogen-bond donors (Lipinski definition) is 1. The third-order valence-corrected chi connectivity index (χ3v) is 3.57. The Bertz CT molecular complexity index is 380. The van der Waals surface area contributed by atoms with Crippen LogP contribution in [0.15, 0.2) is 16.6 Å². The fraction of sp³-hybridized carbons (Fsp3) is 0.583. The number of aromatic nitrogens is 2. The van der Waals surface area contributed by atoms with Gasteiger partial charge in [0.25, 0.3) is 0 Å². The third kappa shape index (κ3) is 3.46. The third-order valence-electron chi connectivity index (χ3n) is 2.43. The number of nitrogens with one attached hydrogen (secondary N) is 1. The van der Waals surface area contributed by atoms with Gasteiger partial charge >= 0.3 is 0 Å². The summed E-state index contributed by atoms with van der Waals surface area (Å²) in [6.07, 6.45) is 0. The van der Waals surface area contributed by atoms with Crippen molar-refractivity contribution in [2.75, 3.05) is 6.54 Å². The Hall–Kier alpha value is -0.610. The molecule has 0 aromatic carbocycles. The maximum absolute atomic E-state index is 4.46. The van der Waals surface area contributed by atoms with E-state index < -0.39 is 0 Å². The van der Waals surface area contributed by atoms with E-state index in [4.69, 9.17) is 0 Å². The summed E-state index contributed by atoms with van der Waals surface area (Å²) in [5.41, 5.74) is 3.33. The first-order valence-electron chi connectivity index (χ1n) is 5.51. The van der Waals surface area contributed by atoms with Gasteiger partial charge in [-0.1, -0.05) is 20.4 Å². The van der Waals surface area contributed by atoms with Gasteiger partial charge in [0.05, 0.1) is 22.4 Å². The number of nitrogens with zero attached hydrogens (tertiary/aromatic N) is 2. The van der Waals surface area contributed by atoms with Crippen molar-refractivity contribution in [1.29, 1.82) is 0 Å². The molecule has 1 rings (SSSR count). The van der Waals surface area contributed by atoms with E-state index in [1.165, 1.54) is 0 Å². The van der Waals surface area contributed by atoms with Gasteiger partial charge in [-0.25, -0.2) is 0 Å². The van der Waals surface area contributed by atoms with Crippen molar-refractivity contribution in [3.05, 3.63) is 28.0 Å². The highest BCUT2D eigenvalue weighted by atomic mass is 79.9. The first kappa shape index (κ1) is 13.5. The van der Waals surface area contributed by atoms with Gasteiger partial charge in [-0.3, -0.25) is 4.68 Å². The van der Waals surface area contributed by atoms with Gasteiger partial charge in [0.2, 0.25) is 0 Å². The van der Waals surface area contributed by atoms with Gasteiger partial charge in [0, 0.05) is 12.6 Å². The normalized spacial score (nSPS) is 11.1. The van der Waals surface area contributed by atoms with Crippen LogP contribution in [0.1, 0.15) is 25.2 Å². The molecule has 0 amide bonds. The summed E-state index contributed by atoms with van der Waals surface area (Å²) in [7, 11) is 0. The molecule has 0 unspecified atom stereocenters. The molecule has 0 atom stereocenters. The molecule has 1 aromatic heterocycles. The van der Waals surface area contributed by atoms with Crippen LogP contribution in [0.4, 0.5) is 0 Å². The van der Waals surface area contributed by atoms with E-state index in [-0.39, 0.29) is 0 Å². The molecule has 0 aliphatic carbocycles. The van der Waals surface area contributed by atoms with Crippen molar-refractivity contribution in [2.24, 2.45) is 0 Å². The first-order valence-corrected chi connectivity index (χ1v) is 6.30. The van der Waals surface area contributed by atoms with Crippen LogP contribution < -0.4 is 5.32 Å². The van der Waals surface area contributed by atoms with Gasteiger partial charge in [0.15, 0.2) is 0 Å². The number of hydrogen-bond acceptors (Lipinski definition) is 2. The largest absolute Gasteiger partial charge is 0.311 e. The van der Waals surface area contributed by atoms with Crippen molar-refractivity contribution in [3.8, 4) is 0 Å². The predicted octanol–water partition coefficient (Wildman–Crippen LogP) is 2.82. The number of rotatable bonds is 5.